The summed E-state index contributed by atoms with van der Waals surface area (Å²) in [5.74, 6) is 0. The number of thioether (sulfide) groups is 2. The lowest BCUT2D eigenvalue weighted by Crippen LogP contribution is -2.42. The largest absolute Gasteiger partial charge is 0.321 e. The zero-order valence-corrected chi connectivity index (χ0v) is 15.4. The summed E-state index contributed by atoms with van der Waals surface area (Å²) < 4.78 is 0. The average molecular weight is 383 g/mol. The van der Waals surface area contributed by atoms with Crippen molar-refractivity contribution in [3.8, 4) is 0 Å². The van der Waals surface area contributed by atoms with Crippen molar-refractivity contribution >= 4 is 45.7 Å². The summed E-state index contributed by atoms with van der Waals surface area (Å²) in [6.07, 6.45) is 6.04. The van der Waals surface area contributed by atoms with Crippen molar-refractivity contribution < 1.29 is 0 Å². The lowest BCUT2D eigenvalue weighted by Gasteiger charge is -2.46. The van der Waals surface area contributed by atoms with E-state index < -0.39 is 0 Å². The average Bonchev–Trinajstić information content (AvgIpc) is 3.03. The van der Waals surface area contributed by atoms with Gasteiger partial charge in [-0.25, -0.2) is 0 Å². The monoisotopic (exact) mass is 382 g/mol. The highest BCUT2D eigenvalue weighted by Gasteiger charge is 2.47. The van der Waals surface area contributed by atoms with Gasteiger partial charge in [-0.1, -0.05) is 30.3 Å². The van der Waals surface area contributed by atoms with Crippen molar-refractivity contribution in [2.24, 2.45) is 4.99 Å². The second-order valence-corrected chi connectivity index (χ2v) is 7.32. The molecule has 1 saturated carbocycles. The first kappa shape index (κ1) is 15.5. The number of halogens is 1. The van der Waals surface area contributed by atoms with E-state index in [-0.39, 0.29) is 22.4 Å². The van der Waals surface area contributed by atoms with Crippen LogP contribution in [0.5, 0.6) is 0 Å². The van der Waals surface area contributed by atoms with Crippen LogP contribution >= 0.6 is 40.5 Å². The number of aliphatic imine (C=N–C) groups is 1. The van der Waals surface area contributed by atoms with Gasteiger partial charge in [-0.2, -0.15) is 0 Å². The first-order valence-electron chi connectivity index (χ1n) is 7.17. The molecule has 1 aromatic carbocycles. The zero-order valence-electron chi connectivity index (χ0n) is 12.0. The Morgan fingerprint density at radius 1 is 1.24 bits per heavy atom. The van der Waals surface area contributed by atoms with Gasteiger partial charge in [0.25, 0.3) is 0 Å². The quantitative estimate of drug-likeness (QED) is 0.706. The van der Waals surface area contributed by atoms with Gasteiger partial charge >= 0.3 is 0 Å². The Balaban J connectivity index is 0.00000132. The predicted molar refractivity (Wildman–Crippen MR) is 98.8 cm³/mol. The molecule has 3 aliphatic rings. The summed E-state index contributed by atoms with van der Waals surface area (Å²) in [4.78, 5) is 8.39. The van der Waals surface area contributed by atoms with Gasteiger partial charge in [-0.05, 0) is 42.2 Å². The van der Waals surface area contributed by atoms with Crippen molar-refractivity contribution in [3.63, 3.8) is 0 Å². The Hall–Kier alpha value is -0.390. The summed E-state index contributed by atoms with van der Waals surface area (Å²) in [5, 5.41) is 3.56. The number of amidine groups is 1. The van der Waals surface area contributed by atoms with E-state index in [9.17, 15) is 0 Å². The number of benzene rings is 1. The molecule has 5 heteroatoms. The van der Waals surface area contributed by atoms with E-state index in [2.05, 4.69) is 45.8 Å². The topological polar surface area (TPSA) is 15.6 Å². The number of nitrogens with zero attached hydrogens (tertiary/aromatic N) is 2. The van der Waals surface area contributed by atoms with Gasteiger partial charge in [-0.15, -0.1) is 28.7 Å². The lowest BCUT2D eigenvalue weighted by atomic mass is 9.62. The van der Waals surface area contributed by atoms with E-state index in [1.54, 1.807) is 0 Å². The number of allylic oxidation sites excluding steroid dienone is 1. The fraction of sp³-hybridized carbons (Fsp3) is 0.438. The molecule has 0 atom stereocenters. The Morgan fingerprint density at radius 3 is 2.62 bits per heavy atom. The molecule has 4 rings (SSSR count). The molecule has 1 fully saturated rings. The Kier molecular flexibility index (Phi) is 4.44. The van der Waals surface area contributed by atoms with Gasteiger partial charge in [0.15, 0.2) is 5.17 Å². The lowest BCUT2D eigenvalue weighted by molar-refractivity contribution is 0.252. The maximum absolute atomic E-state index is 4.59. The third kappa shape index (κ3) is 2.37. The van der Waals surface area contributed by atoms with Gasteiger partial charge in [0, 0.05) is 22.6 Å². The summed E-state index contributed by atoms with van der Waals surface area (Å²) in [6.45, 7) is 2.03. The second-order valence-electron chi connectivity index (χ2n) is 5.60. The van der Waals surface area contributed by atoms with Crippen LogP contribution < -0.4 is 0 Å². The highest BCUT2D eigenvalue weighted by Crippen LogP contribution is 2.53. The minimum Gasteiger partial charge on any atom is -0.321 e. The molecule has 0 aromatic heterocycles. The molecule has 0 radical (unpaired) electrons. The molecule has 0 unspecified atom stereocenters. The van der Waals surface area contributed by atoms with E-state index in [0.29, 0.717) is 0 Å². The SMILES string of the molecule is Br.CSc1ccc(C2(C3=CSC4=NCCN34)CCC2)cc1. The standard InChI is InChI=1S/C16H18N2S2.BrH/c1-19-13-5-3-12(4-6-13)16(7-2-8-16)14-11-20-15-17-9-10-18(14)15;/h3-6,11H,2,7-10H2,1H3;1H. The first-order valence-corrected chi connectivity index (χ1v) is 9.28. The number of hydrogen-bond donors (Lipinski definition) is 0. The second kappa shape index (κ2) is 6.01. The predicted octanol–water partition coefficient (Wildman–Crippen LogP) is 4.67. The van der Waals surface area contributed by atoms with Gasteiger partial charge in [0.1, 0.15) is 0 Å². The van der Waals surface area contributed by atoms with Crippen molar-refractivity contribution in [2.75, 3.05) is 19.3 Å². The minimum atomic E-state index is 0. The summed E-state index contributed by atoms with van der Waals surface area (Å²) in [7, 11) is 0. The van der Waals surface area contributed by atoms with Gasteiger partial charge in [-0.3, -0.25) is 4.99 Å². The number of rotatable bonds is 3. The smallest absolute Gasteiger partial charge is 0.167 e. The minimum absolute atomic E-state index is 0. The van der Waals surface area contributed by atoms with Gasteiger partial charge < -0.3 is 4.90 Å². The van der Waals surface area contributed by atoms with E-state index in [4.69, 9.17) is 0 Å². The van der Waals surface area contributed by atoms with Crippen molar-refractivity contribution in [1.82, 2.24) is 4.90 Å². The van der Waals surface area contributed by atoms with Gasteiger partial charge in [0.2, 0.25) is 0 Å². The van der Waals surface area contributed by atoms with Crippen LogP contribution in [0.25, 0.3) is 0 Å². The highest BCUT2D eigenvalue weighted by atomic mass is 79.9. The summed E-state index contributed by atoms with van der Waals surface area (Å²) in [6, 6.07) is 9.20. The maximum Gasteiger partial charge on any atom is 0.167 e. The molecule has 112 valence electrons. The summed E-state index contributed by atoms with van der Waals surface area (Å²) >= 11 is 3.62. The third-order valence-corrected chi connectivity index (χ3v) is 6.35. The zero-order chi connectivity index (χ0) is 13.6. The number of fused-ring (bicyclic) bond motifs is 1. The molecular formula is C16H19BrN2S2. The van der Waals surface area contributed by atoms with Crippen molar-refractivity contribution in [3.05, 3.63) is 40.9 Å². The van der Waals surface area contributed by atoms with E-state index >= 15 is 0 Å². The summed E-state index contributed by atoms with van der Waals surface area (Å²) in [5.41, 5.74) is 3.24. The van der Waals surface area contributed by atoms with Crippen LogP contribution in [-0.2, 0) is 5.41 Å². The molecule has 0 amide bonds. The first-order chi connectivity index (χ1) is 9.83. The Labute approximate surface area is 145 Å². The van der Waals surface area contributed by atoms with Crippen LogP contribution in [0.15, 0.2) is 45.3 Å². The molecule has 21 heavy (non-hydrogen) atoms. The fourth-order valence-electron chi connectivity index (χ4n) is 3.43. The third-order valence-electron chi connectivity index (χ3n) is 4.71. The molecule has 0 spiro atoms. The van der Waals surface area contributed by atoms with Crippen molar-refractivity contribution in [2.45, 2.75) is 29.6 Å². The molecule has 1 aromatic rings. The normalized spacial score (nSPS) is 22.0. The molecule has 2 nitrogen and oxygen atoms in total. The molecule has 0 saturated heterocycles. The molecule has 1 aliphatic carbocycles. The molecule has 2 aliphatic heterocycles. The molecule has 2 heterocycles. The van der Waals surface area contributed by atoms with Crippen LogP contribution in [0, 0.1) is 0 Å². The molecule has 0 N–H and O–H groups in total. The van der Waals surface area contributed by atoms with Crippen LogP contribution in [-0.4, -0.2) is 29.4 Å². The maximum atomic E-state index is 4.59. The van der Waals surface area contributed by atoms with Crippen LogP contribution in [0.3, 0.4) is 0 Å². The van der Waals surface area contributed by atoms with Crippen LogP contribution in [0.1, 0.15) is 24.8 Å². The van der Waals surface area contributed by atoms with Crippen LogP contribution in [0.2, 0.25) is 0 Å². The van der Waals surface area contributed by atoms with Gasteiger partial charge in [0.05, 0.1) is 6.54 Å². The van der Waals surface area contributed by atoms with E-state index in [1.165, 1.54) is 40.6 Å². The van der Waals surface area contributed by atoms with E-state index in [1.807, 2.05) is 23.5 Å². The van der Waals surface area contributed by atoms with Crippen molar-refractivity contribution in [1.29, 1.82) is 0 Å². The Morgan fingerprint density at radius 2 is 2.00 bits per heavy atom. The fourth-order valence-corrected chi connectivity index (χ4v) is 4.89. The molecular weight excluding hydrogens is 364 g/mol. The highest BCUT2D eigenvalue weighted by molar-refractivity contribution is 8.93. The number of hydrogen-bond acceptors (Lipinski definition) is 4. The molecule has 0 bridgehead atoms. The van der Waals surface area contributed by atoms with E-state index in [0.717, 1.165) is 13.1 Å². The van der Waals surface area contributed by atoms with Crippen LogP contribution in [0.4, 0.5) is 0 Å². The Bertz CT molecular complexity index is 591.